The summed E-state index contributed by atoms with van der Waals surface area (Å²) in [5.74, 6) is -1.52. The maximum Gasteiger partial charge on any atom is 0.352 e. The standard InChI is InChI=1S/C28H26ClN3O7/c1-15(33)19-6-4-17(29)12-20(19)21-13-26(34)32(14-25(21)39-3)24(8-9-38-2)27(35)30-18-5-7-22-16(10-18)11-23(31-22)28(36)37/h4-7,10-14,24,31H,8-9H2,1-3H3,(H,30,35)(H,36,37)/t24-/m0/s1. The van der Waals surface area contributed by atoms with Crippen molar-refractivity contribution in [2.45, 2.75) is 19.4 Å². The molecule has 0 aliphatic carbocycles. The molecule has 2 aromatic heterocycles. The normalized spacial score (nSPS) is 11.8. The molecular weight excluding hydrogens is 526 g/mol. The number of carboxylic acids is 1. The first kappa shape index (κ1) is 27.6. The summed E-state index contributed by atoms with van der Waals surface area (Å²) in [6.07, 6.45) is 1.60. The third-order valence-electron chi connectivity index (χ3n) is 6.27. The molecule has 2 heterocycles. The molecule has 10 nitrogen and oxygen atoms in total. The molecule has 4 aromatic rings. The molecule has 2 aromatic carbocycles. The molecule has 0 bridgehead atoms. The van der Waals surface area contributed by atoms with E-state index in [1.165, 1.54) is 44.0 Å². The number of aromatic carboxylic acids is 1. The van der Waals surface area contributed by atoms with Gasteiger partial charge in [-0.3, -0.25) is 19.0 Å². The fourth-order valence-corrected chi connectivity index (χ4v) is 4.54. The van der Waals surface area contributed by atoms with Gasteiger partial charge in [0.1, 0.15) is 17.5 Å². The zero-order chi connectivity index (χ0) is 28.3. The maximum atomic E-state index is 13.4. The number of pyridine rings is 1. The number of Topliss-reactive ketones (excluding diaryl/α,β-unsaturated/α-hetero) is 1. The Kier molecular flexibility index (Phi) is 8.18. The van der Waals surface area contributed by atoms with E-state index in [1.807, 2.05) is 0 Å². The summed E-state index contributed by atoms with van der Waals surface area (Å²) in [7, 11) is 2.91. The number of carbonyl (C=O) groups is 3. The number of ketones is 1. The lowest BCUT2D eigenvalue weighted by atomic mass is 9.97. The number of nitrogens with one attached hydrogen (secondary N) is 2. The lowest BCUT2D eigenvalue weighted by Crippen LogP contribution is -2.34. The van der Waals surface area contributed by atoms with Crippen LogP contribution >= 0.6 is 11.6 Å². The first-order chi connectivity index (χ1) is 18.6. The van der Waals surface area contributed by atoms with E-state index in [1.54, 1.807) is 36.4 Å². The van der Waals surface area contributed by atoms with Gasteiger partial charge in [0.15, 0.2) is 5.78 Å². The van der Waals surface area contributed by atoms with Crippen LogP contribution < -0.4 is 15.6 Å². The van der Waals surface area contributed by atoms with Crippen molar-refractivity contribution in [1.29, 1.82) is 0 Å². The average Bonchev–Trinajstić information content (AvgIpc) is 3.33. The van der Waals surface area contributed by atoms with Crippen molar-refractivity contribution in [2.24, 2.45) is 0 Å². The number of aromatic amines is 1. The van der Waals surface area contributed by atoms with Crippen LogP contribution in [0.5, 0.6) is 5.75 Å². The maximum absolute atomic E-state index is 13.4. The van der Waals surface area contributed by atoms with E-state index < -0.39 is 23.5 Å². The molecule has 202 valence electrons. The van der Waals surface area contributed by atoms with Gasteiger partial charge in [0.2, 0.25) is 5.91 Å². The van der Waals surface area contributed by atoms with Crippen molar-refractivity contribution in [3.63, 3.8) is 0 Å². The number of anilines is 1. The molecular formula is C28H26ClN3O7. The fraction of sp³-hybridized carbons (Fsp3) is 0.214. The monoisotopic (exact) mass is 551 g/mol. The highest BCUT2D eigenvalue weighted by atomic mass is 35.5. The van der Waals surface area contributed by atoms with Gasteiger partial charge in [0, 0.05) is 58.9 Å². The molecule has 0 radical (unpaired) electrons. The molecule has 1 amide bonds. The van der Waals surface area contributed by atoms with E-state index in [4.69, 9.17) is 21.1 Å². The van der Waals surface area contributed by atoms with Gasteiger partial charge < -0.3 is 24.9 Å². The molecule has 0 aliphatic rings. The third kappa shape index (κ3) is 5.87. The zero-order valence-electron chi connectivity index (χ0n) is 21.4. The van der Waals surface area contributed by atoms with Crippen molar-refractivity contribution < 1.29 is 29.0 Å². The van der Waals surface area contributed by atoms with Crippen molar-refractivity contribution >= 4 is 45.9 Å². The van der Waals surface area contributed by atoms with E-state index in [-0.39, 0.29) is 30.3 Å². The summed E-state index contributed by atoms with van der Waals surface area (Å²) in [6.45, 7) is 1.61. The Morgan fingerprint density at radius 3 is 2.51 bits per heavy atom. The second kappa shape index (κ2) is 11.5. The Labute approximate surface area is 228 Å². The number of hydrogen-bond donors (Lipinski definition) is 3. The van der Waals surface area contributed by atoms with Crippen molar-refractivity contribution in [3.8, 4) is 16.9 Å². The number of rotatable bonds is 10. The lowest BCUT2D eigenvalue weighted by Gasteiger charge is -2.21. The number of halogens is 1. The van der Waals surface area contributed by atoms with Gasteiger partial charge in [-0.15, -0.1) is 0 Å². The van der Waals surface area contributed by atoms with E-state index in [0.29, 0.717) is 38.3 Å². The van der Waals surface area contributed by atoms with E-state index in [2.05, 4.69) is 10.3 Å². The van der Waals surface area contributed by atoms with E-state index >= 15 is 0 Å². The Balaban J connectivity index is 1.73. The van der Waals surface area contributed by atoms with Crippen LogP contribution in [0, 0.1) is 0 Å². The molecule has 0 spiro atoms. The van der Waals surface area contributed by atoms with Crippen LogP contribution in [0.4, 0.5) is 5.69 Å². The van der Waals surface area contributed by atoms with Crippen LogP contribution in [0.15, 0.2) is 59.5 Å². The molecule has 0 aliphatic heterocycles. The van der Waals surface area contributed by atoms with Crippen molar-refractivity contribution in [2.75, 3.05) is 26.1 Å². The number of benzene rings is 2. The molecule has 1 atom stereocenters. The first-order valence-corrected chi connectivity index (χ1v) is 12.3. The van der Waals surface area contributed by atoms with Gasteiger partial charge in [-0.05, 0) is 55.0 Å². The first-order valence-electron chi connectivity index (χ1n) is 11.9. The number of hydrogen-bond acceptors (Lipinski definition) is 6. The average molecular weight is 552 g/mol. The van der Waals surface area contributed by atoms with Crippen LogP contribution in [0.25, 0.3) is 22.0 Å². The van der Waals surface area contributed by atoms with Gasteiger partial charge in [-0.25, -0.2) is 4.79 Å². The quantitative estimate of drug-likeness (QED) is 0.241. The number of ether oxygens (including phenoxy) is 2. The van der Waals surface area contributed by atoms with Crippen molar-refractivity contribution in [1.82, 2.24) is 9.55 Å². The number of fused-ring (bicyclic) bond motifs is 1. The lowest BCUT2D eigenvalue weighted by molar-refractivity contribution is -0.119. The summed E-state index contributed by atoms with van der Waals surface area (Å²) in [5, 5.41) is 13.0. The molecule has 0 saturated carbocycles. The molecule has 0 unspecified atom stereocenters. The minimum absolute atomic E-state index is 0.0258. The number of carboxylic acid groups (broad SMARTS) is 1. The fourth-order valence-electron chi connectivity index (χ4n) is 4.37. The van der Waals surface area contributed by atoms with Crippen molar-refractivity contribution in [3.05, 3.63) is 81.4 Å². The number of aromatic nitrogens is 2. The van der Waals surface area contributed by atoms with Gasteiger partial charge in [0.25, 0.3) is 5.56 Å². The predicted molar refractivity (Wildman–Crippen MR) is 147 cm³/mol. The second-order valence-corrected chi connectivity index (χ2v) is 9.26. The topological polar surface area (TPSA) is 140 Å². The number of nitrogens with zero attached hydrogens (tertiary/aromatic N) is 1. The predicted octanol–water partition coefficient (Wildman–Crippen LogP) is 4.78. The van der Waals surface area contributed by atoms with Gasteiger partial charge in [0.05, 0.1) is 13.3 Å². The number of amides is 1. The molecule has 4 rings (SSSR count). The number of methoxy groups -OCH3 is 2. The summed E-state index contributed by atoms with van der Waals surface area (Å²) >= 11 is 6.18. The highest BCUT2D eigenvalue weighted by molar-refractivity contribution is 6.31. The number of carbonyl (C=O) groups excluding carboxylic acids is 2. The zero-order valence-corrected chi connectivity index (χ0v) is 22.2. The Morgan fingerprint density at radius 2 is 1.85 bits per heavy atom. The van der Waals surface area contributed by atoms with Gasteiger partial charge >= 0.3 is 5.97 Å². The van der Waals surface area contributed by atoms with E-state index in [9.17, 15) is 24.3 Å². The molecule has 11 heteroatoms. The summed E-state index contributed by atoms with van der Waals surface area (Å²) in [5.41, 5.74) is 1.73. The van der Waals surface area contributed by atoms with Crippen LogP contribution in [-0.4, -0.2) is 53.1 Å². The number of H-pyrrole nitrogens is 1. The highest BCUT2D eigenvalue weighted by Gasteiger charge is 2.25. The van der Waals surface area contributed by atoms with E-state index in [0.717, 1.165) is 0 Å². The SMILES string of the molecule is COCC[C@@H](C(=O)Nc1ccc2[nH]c(C(=O)O)cc2c1)n1cc(OC)c(-c2cc(Cl)ccc2C(C)=O)cc1=O. The molecule has 3 N–H and O–H groups in total. The molecule has 0 saturated heterocycles. The summed E-state index contributed by atoms with van der Waals surface area (Å²) in [4.78, 5) is 53.1. The largest absolute Gasteiger partial charge is 0.495 e. The van der Waals surface area contributed by atoms with Gasteiger partial charge in [-0.2, -0.15) is 0 Å². The Hall–Kier alpha value is -4.41. The smallest absolute Gasteiger partial charge is 0.352 e. The van der Waals surface area contributed by atoms with Gasteiger partial charge in [-0.1, -0.05) is 11.6 Å². The summed E-state index contributed by atoms with van der Waals surface area (Å²) < 4.78 is 12.0. The minimum Gasteiger partial charge on any atom is -0.495 e. The van der Waals surface area contributed by atoms with Crippen LogP contribution in [0.2, 0.25) is 5.02 Å². The highest BCUT2D eigenvalue weighted by Crippen LogP contribution is 2.34. The Bertz CT molecular complexity index is 1640. The molecule has 0 fully saturated rings. The van der Waals surface area contributed by atoms with Crippen LogP contribution in [0.1, 0.15) is 40.2 Å². The molecule has 39 heavy (non-hydrogen) atoms. The Morgan fingerprint density at radius 1 is 1.08 bits per heavy atom. The van der Waals surface area contributed by atoms with Crippen LogP contribution in [0.3, 0.4) is 0 Å². The second-order valence-electron chi connectivity index (χ2n) is 8.82. The minimum atomic E-state index is -1.10. The third-order valence-corrected chi connectivity index (χ3v) is 6.50. The summed E-state index contributed by atoms with van der Waals surface area (Å²) in [6, 6.07) is 11.5. The van der Waals surface area contributed by atoms with Crippen LogP contribution in [-0.2, 0) is 9.53 Å².